The molecule has 11 nitrogen and oxygen atoms in total. The quantitative estimate of drug-likeness (QED) is 0.347. The number of aromatic nitrogens is 5. The van der Waals surface area contributed by atoms with Crippen LogP contribution in [0.2, 0.25) is 0 Å². The Bertz CT molecular complexity index is 1430. The first-order valence-electron chi connectivity index (χ1n) is 10.5. The molecule has 1 saturated heterocycles. The molecule has 0 aliphatic carbocycles. The van der Waals surface area contributed by atoms with Crippen LogP contribution < -0.4 is 15.6 Å². The van der Waals surface area contributed by atoms with Gasteiger partial charge in [-0.05, 0) is 37.1 Å². The van der Waals surface area contributed by atoms with Gasteiger partial charge in [0.25, 0.3) is 0 Å². The fourth-order valence-electron chi connectivity index (χ4n) is 3.93. The van der Waals surface area contributed by atoms with Crippen molar-refractivity contribution in [3.63, 3.8) is 0 Å². The van der Waals surface area contributed by atoms with Crippen molar-refractivity contribution in [2.24, 2.45) is 0 Å². The van der Waals surface area contributed by atoms with E-state index in [-0.39, 0.29) is 17.0 Å². The zero-order chi connectivity index (χ0) is 24.0. The lowest BCUT2D eigenvalue weighted by Gasteiger charge is -2.41. The predicted molar refractivity (Wildman–Crippen MR) is 126 cm³/mol. The minimum Gasteiger partial charge on any atom is -0.477 e. The fourth-order valence-corrected chi connectivity index (χ4v) is 4.44. The van der Waals surface area contributed by atoms with Crippen molar-refractivity contribution in [3.05, 3.63) is 69.5 Å². The summed E-state index contributed by atoms with van der Waals surface area (Å²) in [6.45, 7) is 4.88. The second-order valence-corrected chi connectivity index (χ2v) is 8.96. The number of rotatable bonds is 6. The largest absolute Gasteiger partial charge is 0.477 e. The Morgan fingerprint density at radius 1 is 1.26 bits per heavy atom. The number of aromatic carboxylic acids is 1. The van der Waals surface area contributed by atoms with E-state index in [0.29, 0.717) is 40.9 Å². The SMILES string of the molecule is Cc1ccc(C(O)NC2CN(c3cc(C)c4c(=O)c(C(=O)O)cn(-c5ncns5)c4n3)C2)nc1. The van der Waals surface area contributed by atoms with Gasteiger partial charge >= 0.3 is 5.97 Å². The van der Waals surface area contributed by atoms with Crippen LogP contribution >= 0.6 is 11.5 Å². The zero-order valence-electron chi connectivity index (χ0n) is 18.3. The molecule has 1 unspecified atom stereocenters. The molecule has 34 heavy (non-hydrogen) atoms. The number of fused-ring (bicyclic) bond motifs is 1. The highest BCUT2D eigenvalue weighted by Crippen LogP contribution is 2.27. The van der Waals surface area contributed by atoms with Gasteiger partial charge < -0.3 is 15.1 Å². The first-order chi connectivity index (χ1) is 16.3. The van der Waals surface area contributed by atoms with E-state index in [9.17, 15) is 19.8 Å². The van der Waals surface area contributed by atoms with Gasteiger partial charge in [0.05, 0.1) is 11.1 Å². The number of carbonyl (C=O) groups is 1. The second-order valence-electron chi connectivity index (χ2n) is 8.20. The molecule has 3 N–H and O–H groups in total. The van der Waals surface area contributed by atoms with Crippen molar-refractivity contribution >= 4 is 34.4 Å². The van der Waals surface area contributed by atoms with E-state index in [4.69, 9.17) is 0 Å². The number of hydrogen-bond donors (Lipinski definition) is 3. The average molecular weight is 480 g/mol. The molecule has 0 bridgehead atoms. The Balaban J connectivity index is 1.44. The van der Waals surface area contributed by atoms with E-state index >= 15 is 0 Å². The molecule has 12 heteroatoms. The summed E-state index contributed by atoms with van der Waals surface area (Å²) in [5, 5.41) is 23.7. The number of nitrogens with zero attached hydrogens (tertiary/aromatic N) is 6. The maximum Gasteiger partial charge on any atom is 0.341 e. The first-order valence-corrected chi connectivity index (χ1v) is 11.3. The third-order valence-electron chi connectivity index (χ3n) is 5.74. The molecule has 4 aromatic heterocycles. The van der Waals surface area contributed by atoms with Crippen LogP contribution in [0.3, 0.4) is 0 Å². The maximum absolute atomic E-state index is 12.9. The van der Waals surface area contributed by atoms with Crippen LogP contribution in [-0.4, -0.2) is 59.2 Å². The molecule has 0 radical (unpaired) electrons. The Kier molecular flexibility index (Phi) is 5.55. The third kappa shape index (κ3) is 3.91. The molecule has 174 valence electrons. The number of aliphatic hydroxyl groups is 1. The number of anilines is 1. The van der Waals surface area contributed by atoms with Crippen LogP contribution in [0.5, 0.6) is 0 Å². The van der Waals surface area contributed by atoms with Gasteiger partial charge in [-0.15, -0.1) is 0 Å². The fraction of sp³-hybridized carbons (Fsp3) is 0.273. The normalized spacial score (nSPS) is 14.9. The minimum absolute atomic E-state index is 0.0237. The number of carboxylic acid groups (broad SMARTS) is 1. The van der Waals surface area contributed by atoms with Gasteiger partial charge in [-0.2, -0.15) is 4.37 Å². The summed E-state index contributed by atoms with van der Waals surface area (Å²) >= 11 is 1.07. The van der Waals surface area contributed by atoms with E-state index in [1.165, 1.54) is 17.1 Å². The number of hydrogen-bond acceptors (Lipinski definition) is 10. The Hall–Kier alpha value is -3.74. The zero-order valence-corrected chi connectivity index (χ0v) is 19.2. The molecule has 0 aromatic carbocycles. The summed E-state index contributed by atoms with van der Waals surface area (Å²) in [6, 6.07) is 5.48. The minimum atomic E-state index is -1.31. The van der Waals surface area contributed by atoms with E-state index < -0.39 is 17.6 Å². The van der Waals surface area contributed by atoms with Crippen LogP contribution in [0.15, 0.2) is 41.7 Å². The van der Waals surface area contributed by atoms with Gasteiger partial charge in [-0.25, -0.2) is 14.8 Å². The van der Waals surface area contributed by atoms with Gasteiger partial charge in [0.1, 0.15) is 23.9 Å². The standard InChI is InChI=1S/C22H21N7O4S/c1-11-3-4-15(23-6-11)20(31)26-13-7-28(8-13)16-5-12(2)17-18(30)14(21(32)33)9-29(19(17)27-16)22-24-10-25-34-22/h3-6,9-10,13,20,26,31H,7-8H2,1-2H3,(H,32,33). The molecule has 1 fully saturated rings. The molecule has 4 aromatic rings. The lowest BCUT2D eigenvalue weighted by molar-refractivity contribution is 0.0695. The molecule has 1 aliphatic rings. The van der Waals surface area contributed by atoms with Crippen LogP contribution in [0.25, 0.3) is 16.2 Å². The molecule has 1 atom stereocenters. The summed E-state index contributed by atoms with van der Waals surface area (Å²) in [7, 11) is 0. The monoisotopic (exact) mass is 479 g/mol. The summed E-state index contributed by atoms with van der Waals surface area (Å²) in [6.07, 6.45) is 3.44. The van der Waals surface area contributed by atoms with Crippen molar-refractivity contribution in [1.29, 1.82) is 0 Å². The number of nitrogens with one attached hydrogen (secondary N) is 1. The number of carboxylic acids is 1. The van der Waals surface area contributed by atoms with Gasteiger partial charge in [0, 0.05) is 43.1 Å². The van der Waals surface area contributed by atoms with Crippen molar-refractivity contribution in [2.45, 2.75) is 26.1 Å². The number of pyridine rings is 3. The number of aryl methyl sites for hydroxylation is 2. The van der Waals surface area contributed by atoms with Crippen LogP contribution in [0.1, 0.15) is 33.4 Å². The molecule has 5 heterocycles. The topological polar surface area (TPSA) is 146 Å². The van der Waals surface area contributed by atoms with Gasteiger partial charge in [-0.1, -0.05) is 6.07 Å². The lowest BCUT2D eigenvalue weighted by atomic mass is 10.1. The van der Waals surface area contributed by atoms with E-state index in [1.54, 1.807) is 25.3 Å². The van der Waals surface area contributed by atoms with Crippen LogP contribution in [-0.2, 0) is 0 Å². The third-order valence-corrected chi connectivity index (χ3v) is 6.41. The molecular formula is C22H21N7O4S. The molecule has 0 spiro atoms. The van der Waals surface area contributed by atoms with E-state index in [1.807, 2.05) is 17.9 Å². The highest BCUT2D eigenvalue weighted by atomic mass is 32.1. The van der Waals surface area contributed by atoms with Crippen molar-refractivity contribution in [2.75, 3.05) is 18.0 Å². The number of aliphatic hydroxyl groups excluding tert-OH is 1. The smallest absolute Gasteiger partial charge is 0.341 e. The van der Waals surface area contributed by atoms with Crippen molar-refractivity contribution in [3.8, 4) is 5.13 Å². The lowest BCUT2D eigenvalue weighted by Crippen LogP contribution is -2.59. The highest BCUT2D eigenvalue weighted by molar-refractivity contribution is 7.08. The summed E-state index contributed by atoms with van der Waals surface area (Å²) in [5.74, 6) is -0.668. The molecule has 5 rings (SSSR count). The summed E-state index contributed by atoms with van der Waals surface area (Å²) in [4.78, 5) is 39.7. The Morgan fingerprint density at radius 2 is 2.06 bits per heavy atom. The first kappa shape index (κ1) is 22.1. The Labute approximate surface area is 197 Å². The average Bonchev–Trinajstić information content (AvgIpc) is 3.30. The summed E-state index contributed by atoms with van der Waals surface area (Å²) in [5.41, 5.74) is 1.57. The van der Waals surface area contributed by atoms with Gasteiger partial charge in [0.15, 0.2) is 5.65 Å². The summed E-state index contributed by atoms with van der Waals surface area (Å²) < 4.78 is 5.48. The highest BCUT2D eigenvalue weighted by Gasteiger charge is 2.31. The molecule has 1 aliphatic heterocycles. The molecule has 0 amide bonds. The molecule has 0 saturated carbocycles. The van der Waals surface area contributed by atoms with Gasteiger partial charge in [-0.3, -0.25) is 19.7 Å². The predicted octanol–water partition coefficient (Wildman–Crippen LogP) is 1.42. The van der Waals surface area contributed by atoms with Crippen molar-refractivity contribution in [1.82, 2.24) is 29.2 Å². The second kappa shape index (κ2) is 8.56. The Morgan fingerprint density at radius 3 is 2.71 bits per heavy atom. The molecular weight excluding hydrogens is 458 g/mol. The van der Waals surface area contributed by atoms with Gasteiger partial charge in [0.2, 0.25) is 10.6 Å². The van der Waals surface area contributed by atoms with E-state index in [2.05, 4.69) is 24.6 Å². The van der Waals surface area contributed by atoms with Crippen LogP contribution in [0, 0.1) is 13.8 Å². The van der Waals surface area contributed by atoms with Crippen LogP contribution in [0.4, 0.5) is 5.82 Å². The van der Waals surface area contributed by atoms with Crippen molar-refractivity contribution < 1.29 is 15.0 Å². The van der Waals surface area contributed by atoms with E-state index in [0.717, 1.165) is 17.1 Å². The maximum atomic E-state index is 12.9.